The van der Waals surface area contributed by atoms with Crippen molar-refractivity contribution in [2.45, 2.75) is 165 Å². The van der Waals surface area contributed by atoms with Gasteiger partial charge in [0.15, 0.2) is 12.6 Å². The van der Waals surface area contributed by atoms with E-state index in [4.69, 9.17) is 28.4 Å². The highest BCUT2D eigenvalue weighted by molar-refractivity contribution is 5.15. The number of hydrogen-bond acceptors (Lipinski definition) is 15. The summed E-state index contributed by atoms with van der Waals surface area (Å²) in [5.41, 5.74) is -0.204. The average molecular weight is 791 g/mol. The number of rotatable bonds is 15. The summed E-state index contributed by atoms with van der Waals surface area (Å²) in [5, 5.41) is 91.9. The molecule has 4 aliphatic carbocycles. The van der Waals surface area contributed by atoms with Gasteiger partial charge in [0.1, 0.15) is 48.8 Å². The first-order valence-corrected chi connectivity index (χ1v) is 21.0. The molecule has 0 amide bonds. The van der Waals surface area contributed by atoms with Crippen LogP contribution < -0.4 is 0 Å². The van der Waals surface area contributed by atoms with Crippen LogP contribution >= 0.6 is 0 Å². The lowest BCUT2D eigenvalue weighted by Gasteiger charge is -2.64. The first kappa shape index (κ1) is 44.0. The Balaban J connectivity index is 1.19. The Morgan fingerprint density at radius 3 is 1.78 bits per heavy atom. The number of fused-ring (bicyclic) bond motifs is 5. The standard InChI is InChI=1S/C40H70O15/c1-5-6-20(2)23-7-8-24-30-25(17-29(40(23,24)4)51-12-14-53-38-36(49)34(47)32(45)28(19-42)55-38)39(3)10-9-22(43)15-21(39)16-26(30)50-11-13-52-37-35(48)33(46)31(44)27(18-41)54-37/h20-38,41-49H,5-19H2,1-4H3/t20-,21+,22-,23-,24+,25+,26-,27?,28?,29+,30+,31-,32-,33?,34?,35+,36+,37-,38-,39+,40-/m1/s1. The van der Waals surface area contributed by atoms with Gasteiger partial charge in [-0.2, -0.15) is 0 Å². The van der Waals surface area contributed by atoms with Crippen LogP contribution in [0.2, 0.25) is 0 Å². The molecule has 0 bridgehead atoms. The van der Waals surface area contributed by atoms with Crippen molar-refractivity contribution in [3.05, 3.63) is 0 Å². The van der Waals surface area contributed by atoms with Gasteiger partial charge < -0.3 is 74.4 Å². The number of aliphatic hydroxyl groups is 9. The minimum absolute atomic E-state index is 0.0283. The second kappa shape index (κ2) is 18.3. The Hall–Kier alpha value is -0.600. The molecule has 0 aromatic heterocycles. The summed E-state index contributed by atoms with van der Waals surface area (Å²) in [6.45, 7) is 8.90. The van der Waals surface area contributed by atoms with Crippen molar-refractivity contribution in [3.8, 4) is 0 Å². The van der Waals surface area contributed by atoms with E-state index in [1.807, 2.05) is 0 Å². The van der Waals surface area contributed by atoms with Gasteiger partial charge in [0.2, 0.25) is 0 Å². The fourth-order valence-corrected chi connectivity index (χ4v) is 12.3. The van der Waals surface area contributed by atoms with Crippen LogP contribution in [-0.2, 0) is 28.4 Å². The van der Waals surface area contributed by atoms with Crippen LogP contribution in [0.4, 0.5) is 0 Å². The van der Waals surface area contributed by atoms with Crippen molar-refractivity contribution in [2.75, 3.05) is 39.6 Å². The van der Waals surface area contributed by atoms with Crippen molar-refractivity contribution in [3.63, 3.8) is 0 Å². The van der Waals surface area contributed by atoms with Crippen molar-refractivity contribution in [2.24, 2.45) is 46.3 Å². The van der Waals surface area contributed by atoms with Gasteiger partial charge in [0.25, 0.3) is 0 Å². The Kier molecular flexibility index (Phi) is 14.7. The third-order valence-corrected chi connectivity index (χ3v) is 15.3. The van der Waals surface area contributed by atoms with Crippen LogP contribution in [0.5, 0.6) is 0 Å². The Morgan fingerprint density at radius 1 is 0.655 bits per heavy atom. The van der Waals surface area contributed by atoms with Gasteiger partial charge in [-0.1, -0.05) is 40.5 Å². The smallest absolute Gasteiger partial charge is 0.186 e. The zero-order valence-electron chi connectivity index (χ0n) is 33.1. The molecule has 15 heteroatoms. The maximum Gasteiger partial charge on any atom is 0.186 e. The summed E-state index contributed by atoms with van der Waals surface area (Å²) in [7, 11) is 0. The fourth-order valence-electron chi connectivity index (χ4n) is 12.3. The van der Waals surface area contributed by atoms with Gasteiger partial charge in [-0.25, -0.2) is 0 Å². The normalized spacial score (nSPS) is 50.6. The van der Waals surface area contributed by atoms with Gasteiger partial charge >= 0.3 is 0 Å². The van der Waals surface area contributed by atoms with Gasteiger partial charge in [-0.05, 0) is 85.9 Å². The highest BCUT2D eigenvalue weighted by Gasteiger charge is 2.66. The first-order valence-electron chi connectivity index (χ1n) is 21.0. The van der Waals surface area contributed by atoms with Crippen molar-refractivity contribution in [1.82, 2.24) is 0 Å². The summed E-state index contributed by atoms with van der Waals surface area (Å²) in [6.07, 6.45) is -5.73. The largest absolute Gasteiger partial charge is 0.394 e. The molecule has 15 nitrogen and oxygen atoms in total. The van der Waals surface area contributed by atoms with E-state index in [1.165, 1.54) is 0 Å². The quantitative estimate of drug-likeness (QED) is 0.0999. The summed E-state index contributed by atoms with van der Waals surface area (Å²) >= 11 is 0. The second-order valence-electron chi connectivity index (χ2n) is 18.1. The lowest BCUT2D eigenvalue weighted by molar-refractivity contribution is -0.305. The third kappa shape index (κ3) is 8.43. The molecule has 6 fully saturated rings. The molecular formula is C40H70O15. The molecule has 0 spiro atoms. The van der Waals surface area contributed by atoms with E-state index in [2.05, 4.69) is 27.7 Å². The molecule has 0 aromatic rings. The van der Waals surface area contributed by atoms with E-state index >= 15 is 0 Å². The molecule has 0 radical (unpaired) electrons. The minimum atomic E-state index is -1.52. The van der Waals surface area contributed by atoms with Crippen LogP contribution in [0.1, 0.15) is 85.5 Å². The lowest BCUT2D eigenvalue weighted by atomic mass is 9.43. The molecule has 4 saturated carbocycles. The Bertz CT molecular complexity index is 1210. The maximum atomic E-state index is 10.9. The first-order chi connectivity index (χ1) is 26.2. The van der Waals surface area contributed by atoms with Gasteiger partial charge in [-0.15, -0.1) is 0 Å². The van der Waals surface area contributed by atoms with Crippen molar-refractivity contribution >= 4 is 0 Å². The SMILES string of the molecule is CCC[C@@H](C)[C@H]1CC[C@H]2[C@@H]3[C@H](OCCO[C@@H]4OC(CO)[C@@H](O)C(O)[C@@H]4O)C[C@@H]4C[C@H](O)CC[C@]4(C)[C@H]3C[C@H](OCCO[C@@H]3OC(CO)[C@@H](O)C(O)[C@@H]3O)[C@]12C. The lowest BCUT2D eigenvalue weighted by Crippen LogP contribution is -2.63. The van der Waals surface area contributed by atoms with Crippen molar-refractivity contribution in [1.29, 1.82) is 0 Å². The van der Waals surface area contributed by atoms with Crippen LogP contribution in [0.3, 0.4) is 0 Å². The molecule has 6 aliphatic rings. The van der Waals surface area contributed by atoms with Gasteiger partial charge in [0.05, 0.1) is 58.0 Å². The molecule has 6 rings (SSSR count). The van der Waals surface area contributed by atoms with E-state index in [1.54, 1.807) is 0 Å². The molecule has 4 unspecified atom stereocenters. The average Bonchev–Trinajstić information content (AvgIpc) is 3.53. The molecule has 9 N–H and O–H groups in total. The Morgan fingerprint density at radius 2 is 1.22 bits per heavy atom. The summed E-state index contributed by atoms with van der Waals surface area (Å²) < 4.78 is 36.5. The predicted molar refractivity (Wildman–Crippen MR) is 195 cm³/mol. The zero-order valence-corrected chi connectivity index (χ0v) is 33.1. The summed E-state index contributed by atoms with van der Waals surface area (Å²) in [4.78, 5) is 0. The van der Waals surface area contributed by atoms with Crippen LogP contribution in [0.15, 0.2) is 0 Å². The molecule has 55 heavy (non-hydrogen) atoms. The summed E-state index contributed by atoms with van der Waals surface area (Å²) in [5.74, 6) is 1.93. The highest BCUT2D eigenvalue weighted by Crippen LogP contribution is 2.69. The van der Waals surface area contributed by atoms with Gasteiger partial charge in [-0.3, -0.25) is 0 Å². The zero-order chi connectivity index (χ0) is 39.8. The minimum Gasteiger partial charge on any atom is -0.394 e. The van der Waals surface area contributed by atoms with Crippen LogP contribution in [0.25, 0.3) is 0 Å². The molecule has 2 heterocycles. The monoisotopic (exact) mass is 790 g/mol. The number of hydrogen-bond donors (Lipinski definition) is 9. The molecule has 2 saturated heterocycles. The molecule has 2 aliphatic heterocycles. The second-order valence-corrected chi connectivity index (χ2v) is 18.1. The fraction of sp³-hybridized carbons (Fsp3) is 1.00. The highest BCUT2D eigenvalue weighted by atomic mass is 16.7. The van der Waals surface area contributed by atoms with E-state index in [0.29, 0.717) is 24.2 Å². The van der Waals surface area contributed by atoms with E-state index in [-0.39, 0.29) is 73.3 Å². The van der Waals surface area contributed by atoms with E-state index in [9.17, 15) is 46.0 Å². The molecule has 0 aromatic carbocycles. The van der Waals surface area contributed by atoms with E-state index < -0.39 is 74.6 Å². The van der Waals surface area contributed by atoms with Gasteiger partial charge in [0, 0.05) is 5.41 Å². The summed E-state index contributed by atoms with van der Waals surface area (Å²) in [6, 6.07) is 0. The Labute approximate surface area is 325 Å². The number of ether oxygens (including phenoxy) is 6. The predicted octanol–water partition coefficient (Wildman–Crippen LogP) is 0.0656. The number of aliphatic hydroxyl groups excluding tert-OH is 9. The molecule has 21 atom stereocenters. The topological polar surface area (TPSA) is 237 Å². The van der Waals surface area contributed by atoms with Crippen LogP contribution in [0, 0.1) is 46.3 Å². The molecular weight excluding hydrogens is 720 g/mol. The van der Waals surface area contributed by atoms with E-state index in [0.717, 1.165) is 51.4 Å². The van der Waals surface area contributed by atoms with Crippen LogP contribution in [-0.4, -0.2) is 165 Å². The van der Waals surface area contributed by atoms with Crippen molar-refractivity contribution < 1.29 is 74.4 Å². The molecule has 320 valence electrons. The maximum absolute atomic E-state index is 10.9. The third-order valence-electron chi connectivity index (χ3n) is 15.3.